The van der Waals surface area contributed by atoms with Crippen LogP contribution in [0.2, 0.25) is 10.0 Å². The van der Waals surface area contributed by atoms with Gasteiger partial charge in [0, 0.05) is 11.6 Å². The summed E-state index contributed by atoms with van der Waals surface area (Å²) in [6.45, 7) is 0. The van der Waals surface area contributed by atoms with Gasteiger partial charge in [0.1, 0.15) is 15.6 Å². The standard InChI is InChI=1S/C13H5Cl2N3O5/c14-7-2-1-6(3-10(7)17(19)20)13-16-9-4-8(15)11(18(21)22)5-12(9)23-13/h1-5H. The largest absolute Gasteiger partial charge is 0.436 e. The molecule has 3 rings (SSSR count). The second-order valence-electron chi connectivity index (χ2n) is 4.47. The lowest BCUT2D eigenvalue weighted by molar-refractivity contribution is -0.384. The number of nitro benzene ring substituents is 2. The summed E-state index contributed by atoms with van der Waals surface area (Å²) < 4.78 is 5.43. The Morgan fingerprint density at radius 1 is 0.957 bits per heavy atom. The lowest BCUT2D eigenvalue weighted by Gasteiger charge is -1.97. The topological polar surface area (TPSA) is 112 Å². The van der Waals surface area contributed by atoms with Gasteiger partial charge < -0.3 is 4.42 Å². The first-order valence-corrected chi connectivity index (χ1v) is 6.81. The van der Waals surface area contributed by atoms with Gasteiger partial charge in [0.25, 0.3) is 11.4 Å². The zero-order chi connectivity index (χ0) is 16.7. The lowest BCUT2D eigenvalue weighted by atomic mass is 10.2. The molecular weight excluding hydrogens is 349 g/mol. The predicted molar refractivity (Wildman–Crippen MR) is 82.8 cm³/mol. The van der Waals surface area contributed by atoms with Crippen LogP contribution in [0, 0.1) is 20.2 Å². The molecule has 0 radical (unpaired) electrons. The fourth-order valence-electron chi connectivity index (χ4n) is 1.99. The molecule has 0 unspecified atom stereocenters. The summed E-state index contributed by atoms with van der Waals surface area (Å²) in [6, 6.07) is 6.50. The summed E-state index contributed by atoms with van der Waals surface area (Å²) in [6.07, 6.45) is 0. The lowest BCUT2D eigenvalue weighted by Crippen LogP contribution is -1.90. The maximum absolute atomic E-state index is 10.9. The molecule has 0 aliphatic heterocycles. The van der Waals surface area contributed by atoms with Gasteiger partial charge in [-0.1, -0.05) is 23.2 Å². The summed E-state index contributed by atoms with van der Waals surface area (Å²) in [5, 5.41) is 21.7. The molecular formula is C13H5Cl2N3O5. The van der Waals surface area contributed by atoms with Crippen molar-refractivity contribution >= 4 is 45.7 Å². The highest BCUT2D eigenvalue weighted by Crippen LogP contribution is 2.34. The van der Waals surface area contributed by atoms with Crippen molar-refractivity contribution < 1.29 is 14.3 Å². The number of hydrogen-bond acceptors (Lipinski definition) is 6. The van der Waals surface area contributed by atoms with E-state index in [1.165, 1.54) is 24.3 Å². The van der Waals surface area contributed by atoms with Crippen molar-refractivity contribution in [1.29, 1.82) is 0 Å². The van der Waals surface area contributed by atoms with E-state index < -0.39 is 9.85 Å². The fourth-order valence-corrected chi connectivity index (χ4v) is 2.40. The van der Waals surface area contributed by atoms with E-state index in [1.54, 1.807) is 0 Å². The normalized spacial score (nSPS) is 10.9. The molecule has 1 aromatic heterocycles. The summed E-state index contributed by atoms with van der Waals surface area (Å²) >= 11 is 11.6. The molecule has 10 heteroatoms. The first-order chi connectivity index (χ1) is 10.9. The summed E-state index contributed by atoms with van der Waals surface area (Å²) in [4.78, 5) is 24.7. The highest BCUT2D eigenvalue weighted by molar-refractivity contribution is 6.33. The fraction of sp³-hybridized carbons (Fsp3) is 0. The van der Waals surface area contributed by atoms with Crippen molar-refractivity contribution in [3.63, 3.8) is 0 Å². The molecule has 23 heavy (non-hydrogen) atoms. The van der Waals surface area contributed by atoms with Crippen LogP contribution in [-0.2, 0) is 0 Å². The molecule has 2 aromatic carbocycles. The molecule has 0 fully saturated rings. The Morgan fingerprint density at radius 3 is 2.26 bits per heavy atom. The van der Waals surface area contributed by atoms with E-state index in [-0.39, 0.29) is 32.9 Å². The SMILES string of the molecule is O=[N+]([O-])c1cc(-c2nc3cc(Cl)c([N+](=O)[O-])cc3o2)ccc1Cl. The highest BCUT2D eigenvalue weighted by Gasteiger charge is 2.20. The first-order valence-electron chi connectivity index (χ1n) is 6.05. The maximum atomic E-state index is 10.9. The van der Waals surface area contributed by atoms with Crippen LogP contribution in [0.1, 0.15) is 0 Å². The van der Waals surface area contributed by atoms with Crippen LogP contribution >= 0.6 is 23.2 Å². The van der Waals surface area contributed by atoms with Gasteiger partial charge in [-0.3, -0.25) is 20.2 Å². The van der Waals surface area contributed by atoms with Crippen LogP contribution in [0.25, 0.3) is 22.6 Å². The van der Waals surface area contributed by atoms with Crippen LogP contribution in [0.5, 0.6) is 0 Å². The highest BCUT2D eigenvalue weighted by atomic mass is 35.5. The van der Waals surface area contributed by atoms with Gasteiger partial charge in [-0.25, -0.2) is 4.98 Å². The number of benzene rings is 2. The molecule has 0 aliphatic rings. The van der Waals surface area contributed by atoms with Crippen molar-refractivity contribution in [2.75, 3.05) is 0 Å². The van der Waals surface area contributed by atoms with Gasteiger partial charge >= 0.3 is 0 Å². The van der Waals surface area contributed by atoms with E-state index in [0.29, 0.717) is 11.1 Å². The molecule has 0 atom stereocenters. The molecule has 116 valence electrons. The molecule has 1 heterocycles. The summed E-state index contributed by atoms with van der Waals surface area (Å²) in [5.41, 5.74) is 0.150. The summed E-state index contributed by atoms with van der Waals surface area (Å²) in [7, 11) is 0. The maximum Gasteiger partial charge on any atom is 0.291 e. The van der Waals surface area contributed by atoms with Crippen molar-refractivity contribution in [2.45, 2.75) is 0 Å². The zero-order valence-corrected chi connectivity index (χ0v) is 12.5. The third-order valence-electron chi connectivity index (χ3n) is 3.04. The average Bonchev–Trinajstić information content (AvgIpc) is 2.89. The van der Waals surface area contributed by atoms with Crippen LogP contribution < -0.4 is 0 Å². The molecule has 0 N–H and O–H groups in total. The van der Waals surface area contributed by atoms with Gasteiger partial charge in [0.15, 0.2) is 5.58 Å². The van der Waals surface area contributed by atoms with Gasteiger partial charge in [0.05, 0.1) is 15.9 Å². The molecule has 0 amide bonds. The Hall–Kier alpha value is -2.71. The van der Waals surface area contributed by atoms with Crippen molar-refractivity contribution in [1.82, 2.24) is 4.98 Å². The second kappa shape index (κ2) is 5.49. The monoisotopic (exact) mass is 353 g/mol. The van der Waals surface area contributed by atoms with Crippen molar-refractivity contribution in [2.24, 2.45) is 0 Å². The molecule has 0 aliphatic carbocycles. The van der Waals surface area contributed by atoms with E-state index in [1.807, 2.05) is 0 Å². The number of nitro groups is 2. The Balaban J connectivity index is 2.16. The van der Waals surface area contributed by atoms with Gasteiger partial charge in [-0.05, 0) is 18.2 Å². The molecule has 3 aromatic rings. The zero-order valence-electron chi connectivity index (χ0n) is 11.0. The van der Waals surface area contributed by atoms with E-state index in [9.17, 15) is 20.2 Å². The predicted octanol–water partition coefficient (Wildman–Crippen LogP) is 4.62. The van der Waals surface area contributed by atoms with E-state index >= 15 is 0 Å². The third-order valence-corrected chi connectivity index (χ3v) is 3.67. The van der Waals surface area contributed by atoms with Crippen molar-refractivity contribution in [3.05, 3.63) is 60.6 Å². The Morgan fingerprint density at radius 2 is 1.61 bits per heavy atom. The Kier molecular flexibility index (Phi) is 3.63. The molecule has 8 nitrogen and oxygen atoms in total. The molecule has 0 saturated heterocycles. The second-order valence-corrected chi connectivity index (χ2v) is 5.29. The van der Waals surface area contributed by atoms with Crippen LogP contribution in [0.15, 0.2) is 34.7 Å². The van der Waals surface area contributed by atoms with Crippen molar-refractivity contribution in [3.8, 4) is 11.5 Å². The number of hydrogen-bond donors (Lipinski definition) is 0. The van der Waals surface area contributed by atoms with E-state index in [4.69, 9.17) is 27.6 Å². The summed E-state index contributed by atoms with van der Waals surface area (Å²) in [5.74, 6) is 0.0660. The number of halogens is 2. The van der Waals surface area contributed by atoms with Gasteiger partial charge in [-0.2, -0.15) is 0 Å². The number of rotatable bonds is 3. The molecule has 0 saturated carbocycles. The number of aromatic nitrogens is 1. The minimum Gasteiger partial charge on any atom is -0.436 e. The van der Waals surface area contributed by atoms with Crippen LogP contribution in [0.3, 0.4) is 0 Å². The molecule has 0 bridgehead atoms. The smallest absolute Gasteiger partial charge is 0.291 e. The first kappa shape index (κ1) is 15.2. The van der Waals surface area contributed by atoms with Gasteiger partial charge in [0.2, 0.25) is 5.89 Å². The van der Waals surface area contributed by atoms with Crippen LogP contribution in [-0.4, -0.2) is 14.8 Å². The van der Waals surface area contributed by atoms with E-state index in [0.717, 1.165) is 6.07 Å². The van der Waals surface area contributed by atoms with Crippen LogP contribution in [0.4, 0.5) is 11.4 Å². The minimum atomic E-state index is -0.642. The number of nitrogens with zero attached hydrogens (tertiary/aromatic N) is 3. The minimum absolute atomic E-state index is 0.0199. The third kappa shape index (κ3) is 2.69. The Labute approximate surface area is 137 Å². The van der Waals surface area contributed by atoms with E-state index in [2.05, 4.69) is 4.98 Å². The number of oxazole rings is 1. The average molecular weight is 354 g/mol. The number of fused-ring (bicyclic) bond motifs is 1. The molecule has 0 spiro atoms. The van der Waals surface area contributed by atoms with Gasteiger partial charge in [-0.15, -0.1) is 0 Å². The Bertz CT molecular complexity index is 970. The quantitative estimate of drug-likeness (QED) is 0.501.